The lowest BCUT2D eigenvalue weighted by Gasteiger charge is -2.26. The molecule has 4 N–H and O–H groups in total. The Morgan fingerprint density at radius 2 is 1.80 bits per heavy atom. The van der Waals surface area contributed by atoms with Crippen molar-refractivity contribution in [3.05, 3.63) is 0 Å². The van der Waals surface area contributed by atoms with Crippen LogP contribution in [0.15, 0.2) is 4.99 Å². The van der Waals surface area contributed by atoms with Gasteiger partial charge in [0.25, 0.3) is 0 Å². The van der Waals surface area contributed by atoms with E-state index in [4.69, 9.17) is 5.84 Å². The quantitative estimate of drug-likeness (QED) is 0.289. The summed E-state index contributed by atoms with van der Waals surface area (Å²) in [5.41, 5.74) is 2.86. The minimum Gasteiger partial charge on any atom is -0.353 e. The van der Waals surface area contributed by atoms with Crippen LogP contribution < -0.4 is 16.6 Å². The van der Waals surface area contributed by atoms with Crippen molar-refractivity contribution in [3.63, 3.8) is 0 Å². The molecule has 0 aromatic carbocycles. The maximum Gasteiger partial charge on any atom is 0.205 e. The molecule has 90 valence electrons. The van der Waals surface area contributed by atoms with Gasteiger partial charge in [-0.1, -0.05) is 27.7 Å². The van der Waals surface area contributed by atoms with Crippen molar-refractivity contribution in [2.24, 2.45) is 22.2 Å². The van der Waals surface area contributed by atoms with E-state index in [2.05, 4.69) is 57.3 Å². The Hall–Kier alpha value is -0.770. The molecule has 0 saturated carbocycles. The van der Waals surface area contributed by atoms with Gasteiger partial charge in [0, 0.05) is 12.6 Å². The smallest absolute Gasteiger partial charge is 0.205 e. The van der Waals surface area contributed by atoms with Gasteiger partial charge in [0.15, 0.2) is 0 Å². The monoisotopic (exact) mass is 214 g/mol. The first-order valence-electron chi connectivity index (χ1n) is 5.55. The number of hydrazine groups is 1. The molecule has 4 heteroatoms. The van der Waals surface area contributed by atoms with Gasteiger partial charge >= 0.3 is 0 Å². The number of nitrogens with two attached hydrogens (primary N) is 1. The van der Waals surface area contributed by atoms with Gasteiger partial charge in [-0.2, -0.15) is 0 Å². The zero-order chi connectivity index (χ0) is 12.1. The average molecular weight is 214 g/mol. The molecule has 0 rings (SSSR count). The highest BCUT2D eigenvalue weighted by Gasteiger charge is 2.19. The molecule has 0 heterocycles. The van der Waals surface area contributed by atoms with Crippen molar-refractivity contribution < 1.29 is 0 Å². The van der Waals surface area contributed by atoms with Gasteiger partial charge in [-0.3, -0.25) is 10.4 Å². The van der Waals surface area contributed by atoms with Gasteiger partial charge in [-0.05, 0) is 25.2 Å². The van der Waals surface area contributed by atoms with Gasteiger partial charge in [0.05, 0.1) is 0 Å². The number of nitrogens with one attached hydrogen (secondary N) is 2. The van der Waals surface area contributed by atoms with Crippen molar-refractivity contribution >= 4 is 5.96 Å². The number of nitrogens with zero attached hydrogens (tertiary/aromatic N) is 1. The van der Waals surface area contributed by atoms with E-state index in [1.165, 1.54) is 0 Å². The third-order valence-electron chi connectivity index (χ3n) is 2.56. The molecule has 0 aliphatic heterocycles. The van der Waals surface area contributed by atoms with Crippen LogP contribution in [-0.4, -0.2) is 18.5 Å². The molecule has 0 radical (unpaired) electrons. The molecule has 0 fully saturated rings. The third kappa shape index (κ3) is 6.33. The largest absolute Gasteiger partial charge is 0.353 e. The fourth-order valence-corrected chi connectivity index (χ4v) is 0.908. The maximum atomic E-state index is 5.37. The van der Waals surface area contributed by atoms with Gasteiger partial charge in [0.2, 0.25) is 5.96 Å². The van der Waals surface area contributed by atoms with E-state index < -0.39 is 0 Å². The zero-order valence-electron chi connectivity index (χ0n) is 10.9. The summed E-state index contributed by atoms with van der Waals surface area (Å²) in [6, 6.07) is 0.338. The summed E-state index contributed by atoms with van der Waals surface area (Å²) in [5.74, 6) is 6.56. The molecule has 0 aromatic heterocycles. The van der Waals surface area contributed by atoms with Crippen LogP contribution in [0.1, 0.15) is 41.5 Å². The predicted octanol–water partition coefficient (Wildman–Crippen LogP) is 1.49. The lowest BCUT2D eigenvalue weighted by atomic mass is 9.82. The zero-order valence-corrected chi connectivity index (χ0v) is 10.9. The van der Waals surface area contributed by atoms with Crippen LogP contribution in [0.5, 0.6) is 0 Å². The van der Waals surface area contributed by atoms with E-state index in [9.17, 15) is 0 Å². The average Bonchev–Trinajstić information content (AvgIpc) is 2.09. The summed E-state index contributed by atoms with van der Waals surface area (Å²) < 4.78 is 0. The second kappa shape index (κ2) is 5.95. The number of hydrogen-bond donors (Lipinski definition) is 3. The van der Waals surface area contributed by atoms with Gasteiger partial charge in [-0.15, -0.1) is 0 Å². The molecule has 0 spiro atoms. The maximum absolute atomic E-state index is 5.37. The standard InChI is InChI=1S/C11H26N4/c1-8(2)14-10(15-12)13-7-9(3)11(4,5)6/h8-9H,7,12H2,1-6H3,(H2,13,14,15). The van der Waals surface area contributed by atoms with Gasteiger partial charge in [0.1, 0.15) is 0 Å². The number of guanidine groups is 1. The van der Waals surface area contributed by atoms with Crippen LogP contribution in [0.25, 0.3) is 0 Å². The number of hydrogen-bond acceptors (Lipinski definition) is 2. The summed E-state index contributed by atoms with van der Waals surface area (Å²) in [6.07, 6.45) is 0. The Kier molecular flexibility index (Phi) is 5.65. The Morgan fingerprint density at radius 3 is 2.13 bits per heavy atom. The minimum absolute atomic E-state index is 0.279. The molecule has 0 saturated heterocycles. The summed E-state index contributed by atoms with van der Waals surface area (Å²) in [4.78, 5) is 4.42. The normalized spacial score (nSPS) is 15.3. The molecular weight excluding hydrogens is 188 g/mol. The first-order chi connectivity index (χ1) is 6.77. The fourth-order valence-electron chi connectivity index (χ4n) is 0.908. The number of aliphatic imine (C=N–C) groups is 1. The summed E-state index contributed by atoms with van der Waals surface area (Å²) >= 11 is 0. The van der Waals surface area contributed by atoms with E-state index in [0.29, 0.717) is 17.9 Å². The van der Waals surface area contributed by atoms with Crippen molar-refractivity contribution in [2.45, 2.75) is 47.6 Å². The highest BCUT2D eigenvalue weighted by Crippen LogP contribution is 2.25. The molecule has 0 aliphatic carbocycles. The van der Waals surface area contributed by atoms with Crippen LogP contribution in [0.3, 0.4) is 0 Å². The van der Waals surface area contributed by atoms with Crippen molar-refractivity contribution in [1.82, 2.24) is 10.7 Å². The number of rotatable bonds is 3. The molecule has 0 amide bonds. The van der Waals surface area contributed by atoms with Crippen molar-refractivity contribution in [1.29, 1.82) is 0 Å². The molecule has 1 unspecified atom stereocenters. The Balaban J connectivity index is 4.22. The summed E-state index contributed by atoms with van der Waals surface area (Å²) in [6.45, 7) is 13.8. The fraction of sp³-hybridized carbons (Fsp3) is 0.909. The molecule has 0 aromatic rings. The molecule has 1 atom stereocenters. The van der Waals surface area contributed by atoms with E-state index in [1.54, 1.807) is 0 Å². The van der Waals surface area contributed by atoms with E-state index >= 15 is 0 Å². The molecule has 0 bridgehead atoms. The Morgan fingerprint density at radius 1 is 1.27 bits per heavy atom. The van der Waals surface area contributed by atoms with Crippen LogP contribution in [0.2, 0.25) is 0 Å². The van der Waals surface area contributed by atoms with Crippen molar-refractivity contribution in [2.75, 3.05) is 6.54 Å². The Labute approximate surface area is 93.7 Å². The van der Waals surface area contributed by atoms with Gasteiger partial charge in [-0.25, -0.2) is 5.84 Å². The van der Waals surface area contributed by atoms with Crippen LogP contribution in [0.4, 0.5) is 0 Å². The van der Waals surface area contributed by atoms with Crippen molar-refractivity contribution in [3.8, 4) is 0 Å². The topological polar surface area (TPSA) is 62.4 Å². The lowest BCUT2D eigenvalue weighted by molar-refractivity contribution is 0.269. The Bertz CT molecular complexity index is 203. The van der Waals surface area contributed by atoms with Crippen LogP contribution in [-0.2, 0) is 0 Å². The first-order valence-corrected chi connectivity index (χ1v) is 5.55. The molecule has 4 nitrogen and oxygen atoms in total. The van der Waals surface area contributed by atoms with Crippen LogP contribution in [0, 0.1) is 11.3 Å². The highest BCUT2D eigenvalue weighted by molar-refractivity contribution is 5.79. The minimum atomic E-state index is 0.279. The van der Waals surface area contributed by atoms with Crippen LogP contribution >= 0.6 is 0 Å². The lowest BCUT2D eigenvalue weighted by Crippen LogP contribution is -2.45. The SMILES string of the molecule is CC(C)NC(=NCC(C)C(C)(C)C)NN. The predicted molar refractivity (Wildman–Crippen MR) is 66.5 cm³/mol. The summed E-state index contributed by atoms with van der Waals surface area (Å²) in [5, 5.41) is 3.15. The summed E-state index contributed by atoms with van der Waals surface area (Å²) in [7, 11) is 0. The first kappa shape index (κ1) is 14.2. The van der Waals surface area contributed by atoms with Gasteiger partial charge < -0.3 is 5.32 Å². The second-order valence-corrected chi connectivity index (χ2v) is 5.40. The third-order valence-corrected chi connectivity index (χ3v) is 2.56. The molecule has 0 aliphatic rings. The molecular formula is C11H26N4. The highest BCUT2D eigenvalue weighted by atomic mass is 15.3. The molecule has 15 heavy (non-hydrogen) atoms. The van der Waals surface area contributed by atoms with E-state index in [-0.39, 0.29) is 5.41 Å². The van der Waals surface area contributed by atoms with E-state index in [1.807, 2.05) is 0 Å². The second-order valence-electron chi connectivity index (χ2n) is 5.40. The van der Waals surface area contributed by atoms with E-state index in [0.717, 1.165) is 6.54 Å².